The first-order valence-corrected chi connectivity index (χ1v) is 8.74. The number of nitrogen functional groups attached to an aromatic ring is 1. The Hall–Kier alpha value is -2.54. The topological polar surface area (TPSA) is 85.0 Å². The molecular weight excluding hydrogens is 322 g/mol. The molecule has 7 heteroatoms. The van der Waals surface area contributed by atoms with E-state index in [0.717, 1.165) is 29.8 Å². The average molecular weight is 339 g/mol. The van der Waals surface area contributed by atoms with Gasteiger partial charge in [0.1, 0.15) is 0 Å². The number of hydrogen-bond acceptors (Lipinski definition) is 6. The summed E-state index contributed by atoms with van der Waals surface area (Å²) in [4.78, 5) is 27.4. The van der Waals surface area contributed by atoms with Gasteiger partial charge in [0.2, 0.25) is 0 Å². The zero-order valence-corrected chi connectivity index (χ0v) is 13.9. The summed E-state index contributed by atoms with van der Waals surface area (Å²) in [5.41, 5.74) is 8.12. The molecular formula is C17H17N5OS. The van der Waals surface area contributed by atoms with Gasteiger partial charge in [-0.25, -0.2) is 9.97 Å². The van der Waals surface area contributed by atoms with E-state index in [-0.39, 0.29) is 11.8 Å². The highest BCUT2D eigenvalue weighted by atomic mass is 32.1. The molecule has 1 amide bonds. The second-order valence-electron chi connectivity index (χ2n) is 5.94. The second-order valence-corrected chi connectivity index (χ2v) is 7.00. The minimum absolute atomic E-state index is 0.0566. The molecule has 6 nitrogen and oxygen atoms in total. The van der Waals surface area contributed by atoms with Gasteiger partial charge >= 0.3 is 0 Å². The van der Waals surface area contributed by atoms with Crippen LogP contribution in [0.2, 0.25) is 0 Å². The molecule has 0 spiro atoms. The quantitative estimate of drug-likeness (QED) is 0.776. The maximum absolute atomic E-state index is 12.6. The molecule has 3 aromatic rings. The van der Waals surface area contributed by atoms with E-state index >= 15 is 0 Å². The van der Waals surface area contributed by atoms with Gasteiger partial charge in [-0.2, -0.15) is 0 Å². The third-order valence-corrected chi connectivity index (χ3v) is 5.18. The smallest absolute Gasteiger partial charge is 0.253 e. The van der Waals surface area contributed by atoms with Crippen molar-refractivity contribution >= 4 is 32.7 Å². The number of fused-ring (bicyclic) bond motifs is 1. The van der Waals surface area contributed by atoms with Gasteiger partial charge < -0.3 is 10.6 Å². The van der Waals surface area contributed by atoms with Gasteiger partial charge in [0.25, 0.3) is 5.91 Å². The Bertz CT molecular complexity index is 879. The van der Waals surface area contributed by atoms with Crippen LogP contribution in [0, 0.1) is 0 Å². The first-order chi connectivity index (χ1) is 11.7. The molecule has 1 saturated heterocycles. The maximum Gasteiger partial charge on any atom is 0.253 e. The van der Waals surface area contributed by atoms with Crippen LogP contribution in [0.1, 0.15) is 34.8 Å². The summed E-state index contributed by atoms with van der Waals surface area (Å²) in [5.74, 6) is 0.290. The van der Waals surface area contributed by atoms with Crippen LogP contribution in [0.25, 0.3) is 10.3 Å². The Labute approximate surface area is 143 Å². The van der Waals surface area contributed by atoms with Crippen LogP contribution in [-0.4, -0.2) is 38.8 Å². The summed E-state index contributed by atoms with van der Waals surface area (Å²) in [5, 5.41) is 0.535. The van der Waals surface area contributed by atoms with Crippen molar-refractivity contribution in [1.29, 1.82) is 0 Å². The van der Waals surface area contributed by atoms with Gasteiger partial charge in [-0.1, -0.05) is 11.3 Å². The summed E-state index contributed by atoms with van der Waals surface area (Å²) in [6.45, 7) is 1.46. The molecule has 4 rings (SSSR count). The highest BCUT2D eigenvalue weighted by molar-refractivity contribution is 7.21. The van der Waals surface area contributed by atoms with E-state index in [0.29, 0.717) is 22.9 Å². The van der Waals surface area contributed by atoms with Crippen LogP contribution in [0.3, 0.4) is 0 Å². The van der Waals surface area contributed by atoms with E-state index in [4.69, 9.17) is 5.73 Å². The van der Waals surface area contributed by atoms with Crippen LogP contribution in [0.4, 0.5) is 5.13 Å². The highest BCUT2D eigenvalue weighted by Gasteiger charge is 2.26. The SMILES string of the molecule is Nc1nc2nc([C@H]3CCCN(C(=O)c4ccncc4)C3)ccc2s1. The van der Waals surface area contributed by atoms with E-state index in [1.54, 1.807) is 24.5 Å². The zero-order valence-electron chi connectivity index (χ0n) is 13.1. The lowest BCUT2D eigenvalue weighted by Crippen LogP contribution is -2.39. The van der Waals surface area contributed by atoms with Crippen LogP contribution in [0.15, 0.2) is 36.7 Å². The lowest BCUT2D eigenvalue weighted by Gasteiger charge is -2.32. The van der Waals surface area contributed by atoms with Crippen molar-refractivity contribution in [2.24, 2.45) is 0 Å². The van der Waals surface area contributed by atoms with Gasteiger partial charge in [-0.15, -0.1) is 0 Å². The number of anilines is 1. The number of carbonyl (C=O) groups is 1. The fraction of sp³-hybridized carbons (Fsp3) is 0.294. The van der Waals surface area contributed by atoms with Crippen LogP contribution in [0.5, 0.6) is 0 Å². The number of pyridine rings is 2. The molecule has 0 bridgehead atoms. The first-order valence-electron chi connectivity index (χ1n) is 7.93. The molecule has 1 fully saturated rings. The Morgan fingerprint density at radius 3 is 2.88 bits per heavy atom. The predicted octanol–water partition coefficient (Wildman–Crippen LogP) is 2.69. The summed E-state index contributed by atoms with van der Waals surface area (Å²) in [6, 6.07) is 7.57. The fourth-order valence-corrected chi connectivity index (χ4v) is 3.83. The minimum Gasteiger partial charge on any atom is -0.375 e. The Balaban J connectivity index is 1.56. The molecule has 122 valence electrons. The Morgan fingerprint density at radius 1 is 1.21 bits per heavy atom. The van der Waals surface area contributed by atoms with Crippen molar-refractivity contribution in [3.8, 4) is 0 Å². The normalized spacial score (nSPS) is 18.0. The number of nitrogens with zero attached hydrogens (tertiary/aromatic N) is 4. The van der Waals surface area contributed by atoms with Crippen LogP contribution in [-0.2, 0) is 0 Å². The summed E-state index contributed by atoms with van der Waals surface area (Å²) >= 11 is 1.44. The molecule has 4 heterocycles. The molecule has 1 aliphatic heterocycles. The van der Waals surface area contributed by atoms with Crippen molar-refractivity contribution < 1.29 is 4.79 Å². The van der Waals surface area contributed by atoms with Crippen molar-refractivity contribution in [2.45, 2.75) is 18.8 Å². The Kier molecular flexibility index (Phi) is 3.86. The van der Waals surface area contributed by atoms with Crippen molar-refractivity contribution in [3.05, 3.63) is 47.9 Å². The van der Waals surface area contributed by atoms with E-state index in [2.05, 4.69) is 15.0 Å². The standard InChI is InChI=1S/C17H17N5OS/c18-17-21-15-14(24-17)4-3-13(20-15)12-2-1-9-22(10-12)16(23)11-5-7-19-8-6-11/h3-8,12H,1-2,9-10H2,(H2,18,20,21)/t12-/m0/s1. The second kappa shape index (κ2) is 6.16. The van der Waals surface area contributed by atoms with Crippen molar-refractivity contribution in [2.75, 3.05) is 18.8 Å². The number of rotatable bonds is 2. The monoisotopic (exact) mass is 339 g/mol. The number of nitrogens with two attached hydrogens (primary N) is 1. The summed E-state index contributed by atoms with van der Waals surface area (Å²) in [7, 11) is 0. The predicted molar refractivity (Wildman–Crippen MR) is 93.9 cm³/mol. The highest BCUT2D eigenvalue weighted by Crippen LogP contribution is 2.29. The van der Waals surface area contributed by atoms with Crippen LogP contribution >= 0.6 is 11.3 Å². The lowest BCUT2D eigenvalue weighted by molar-refractivity contribution is 0.0706. The van der Waals surface area contributed by atoms with Gasteiger partial charge in [-0.05, 0) is 37.1 Å². The van der Waals surface area contributed by atoms with Gasteiger partial charge in [0.15, 0.2) is 10.8 Å². The molecule has 0 saturated carbocycles. The number of carbonyl (C=O) groups excluding carboxylic acids is 1. The average Bonchev–Trinajstić information content (AvgIpc) is 3.01. The van der Waals surface area contributed by atoms with E-state index in [9.17, 15) is 4.79 Å². The molecule has 0 aromatic carbocycles. The molecule has 1 aliphatic rings. The third kappa shape index (κ3) is 2.82. The van der Waals surface area contributed by atoms with Crippen molar-refractivity contribution in [1.82, 2.24) is 19.9 Å². The number of thiazole rings is 1. The molecule has 1 atom stereocenters. The lowest BCUT2D eigenvalue weighted by atomic mass is 9.94. The van der Waals surface area contributed by atoms with Crippen molar-refractivity contribution in [3.63, 3.8) is 0 Å². The van der Waals surface area contributed by atoms with E-state index in [1.807, 2.05) is 17.0 Å². The Morgan fingerprint density at radius 2 is 2.04 bits per heavy atom. The van der Waals surface area contributed by atoms with Gasteiger partial charge in [-0.3, -0.25) is 9.78 Å². The maximum atomic E-state index is 12.6. The fourth-order valence-electron chi connectivity index (χ4n) is 3.16. The zero-order chi connectivity index (χ0) is 16.5. The van der Waals surface area contributed by atoms with E-state index < -0.39 is 0 Å². The van der Waals surface area contributed by atoms with Gasteiger partial charge in [0.05, 0.1) is 4.70 Å². The largest absolute Gasteiger partial charge is 0.375 e. The molecule has 0 radical (unpaired) electrons. The molecule has 24 heavy (non-hydrogen) atoms. The number of piperidine rings is 1. The van der Waals surface area contributed by atoms with Gasteiger partial charge in [0, 0.05) is 42.7 Å². The minimum atomic E-state index is 0.0566. The van der Waals surface area contributed by atoms with E-state index in [1.165, 1.54) is 11.3 Å². The van der Waals surface area contributed by atoms with Crippen LogP contribution < -0.4 is 5.73 Å². The third-order valence-electron chi connectivity index (χ3n) is 4.35. The summed E-state index contributed by atoms with van der Waals surface area (Å²) < 4.78 is 0.997. The molecule has 0 aliphatic carbocycles. The first kappa shape index (κ1) is 15.0. The molecule has 2 N–H and O–H groups in total. The number of likely N-dealkylation sites (tertiary alicyclic amines) is 1. The number of hydrogen-bond donors (Lipinski definition) is 1. The number of amides is 1. The number of aromatic nitrogens is 3. The molecule has 0 unspecified atom stereocenters. The molecule has 3 aromatic heterocycles. The summed E-state index contributed by atoms with van der Waals surface area (Å²) in [6.07, 6.45) is 5.30.